The predicted octanol–water partition coefficient (Wildman–Crippen LogP) is 13.7. The van der Waals surface area contributed by atoms with E-state index in [1.54, 1.807) is 0 Å². The molecular weight excluding hydrogens is 735 g/mol. The molecule has 290 valence electrons. The van der Waals surface area contributed by atoms with Crippen LogP contribution in [-0.4, -0.2) is 7.28 Å². The van der Waals surface area contributed by atoms with Crippen LogP contribution < -0.4 is 21.1 Å². The van der Waals surface area contributed by atoms with Gasteiger partial charge in [0, 0.05) is 39.1 Å². The molecule has 0 fully saturated rings. The maximum absolute atomic E-state index is 4.14. The molecular formula is C58H45BN2. The normalized spacial score (nSPS) is 14.6. The molecule has 0 amide bonds. The Labute approximate surface area is 359 Å². The van der Waals surface area contributed by atoms with Gasteiger partial charge < -0.3 is 10.2 Å². The van der Waals surface area contributed by atoms with Crippen molar-refractivity contribution in [2.45, 2.75) is 38.5 Å². The average Bonchev–Trinajstić information content (AvgIpc) is 3.54. The number of para-hydroxylation sites is 1. The molecule has 0 aromatic heterocycles. The Morgan fingerprint density at radius 2 is 1.07 bits per heavy atom. The molecule has 12 rings (SSSR count). The van der Waals surface area contributed by atoms with E-state index in [-0.39, 0.29) is 10.8 Å². The summed E-state index contributed by atoms with van der Waals surface area (Å²) >= 11 is 0. The van der Waals surface area contributed by atoms with Crippen LogP contribution in [0.3, 0.4) is 0 Å². The highest BCUT2D eigenvalue weighted by molar-refractivity contribution is 6.73. The summed E-state index contributed by atoms with van der Waals surface area (Å²) in [4.78, 5) is 2.61. The number of fused-ring (bicyclic) bond motifs is 8. The van der Waals surface area contributed by atoms with Crippen LogP contribution in [0.5, 0.6) is 0 Å². The third-order valence-electron chi connectivity index (χ3n) is 14.0. The molecule has 0 saturated carbocycles. The second-order valence-corrected chi connectivity index (χ2v) is 18.2. The monoisotopic (exact) mass is 780 g/mol. The van der Waals surface area contributed by atoms with E-state index in [4.69, 9.17) is 0 Å². The van der Waals surface area contributed by atoms with Gasteiger partial charge in [0.1, 0.15) is 0 Å². The summed E-state index contributed by atoms with van der Waals surface area (Å²) < 4.78 is 0. The van der Waals surface area contributed by atoms with Gasteiger partial charge in [0.25, 0.3) is 0 Å². The Kier molecular flexibility index (Phi) is 7.75. The number of rotatable bonds is 5. The molecule has 61 heavy (non-hydrogen) atoms. The molecule has 2 nitrogen and oxygen atoms in total. The zero-order valence-electron chi connectivity index (χ0n) is 35.1. The van der Waals surface area contributed by atoms with E-state index in [1.807, 2.05) is 0 Å². The first-order chi connectivity index (χ1) is 29.8. The number of benzene rings is 9. The first-order valence-corrected chi connectivity index (χ1v) is 21.6. The van der Waals surface area contributed by atoms with Gasteiger partial charge in [-0.25, -0.2) is 0 Å². The molecule has 2 aliphatic heterocycles. The summed E-state index contributed by atoms with van der Waals surface area (Å²) in [7, 11) is 0.835. The number of hydrogen-bond acceptors (Lipinski definition) is 2. The van der Waals surface area contributed by atoms with Gasteiger partial charge in [0.05, 0.1) is 5.69 Å². The van der Waals surface area contributed by atoms with E-state index in [0.29, 0.717) is 0 Å². The van der Waals surface area contributed by atoms with E-state index < -0.39 is 0 Å². The highest BCUT2D eigenvalue weighted by Gasteiger charge is 2.42. The molecule has 1 N–H and O–H groups in total. The summed E-state index contributed by atoms with van der Waals surface area (Å²) in [5, 5.41) is 6.67. The largest absolute Gasteiger partial charge is 0.355 e. The zero-order valence-corrected chi connectivity index (χ0v) is 35.1. The second-order valence-electron chi connectivity index (χ2n) is 18.2. The van der Waals surface area contributed by atoms with Gasteiger partial charge in [-0.2, -0.15) is 0 Å². The van der Waals surface area contributed by atoms with Gasteiger partial charge in [-0.15, -0.1) is 0 Å². The van der Waals surface area contributed by atoms with Gasteiger partial charge in [-0.3, -0.25) is 0 Å². The van der Waals surface area contributed by atoms with Crippen LogP contribution in [0.1, 0.15) is 49.9 Å². The number of nitrogens with one attached hydrogen (secondary N) is 1. The smallest absolute Gasteiger partial charge is 0.198 e. The highest BCUT2D eigenvalue weighted by Crippen LogP contribution is 2.55. The van der Waals surface area contributed by atoms with Crippen LogP contribution in [-0.2, 0) is 10.8 Å². The van der Waals surface area contributed by atoms with Crippen molar-refractivity contribution in [3.63, 3.8) is 0 Å². The maximum Gasteiger partial charge on any atom is 0.198 e. The Morgan fingerprint density at radius 1 is 0.410 bits per heavy atom. The lowest BCUT2D eigenvalue weighted by molar-refractivity contribution is 0.633. The predicted molar refractivity (Wildman–Crippen MR) is 261 cm³/mol. The number of hydrogen-bond donors (Lipinski definition) is 1. The first kappa shape index (κ1) is 35.8. The van der Waals surface area contributed by atoms with Crippen molar-refractivity contribution in [1.29, 1.82) is 0 Å². The Balaban J connectivity index is 1.13. The lowest BCUT2D eigenvalue weighted by Gasteiger charge is -2.46. The van der Waals surface area contributed by atoms with Gasteiger partial charge in [-0.1, -0.05) is 185 Å². The molecule has 0 unspecified atom stereocenters. The van der Waals surface area contributed by atoms with Gasteiger partial charge in [-0.05, 0) is 114 Å². The SMILES string of the molecule is CC1(C)c2cc3ccccc3cc2N2c3cc(-c4ccccc4)cc(-c4ccc(-c5ccccc5)cc4Nc4cccc5c4C(C)(C)c4ccccc4-5)c3Bc3cccc1c32. The quantitative estimate of drug-likeness (QED) is 0.175. The van der Waals surface area contributed by atoms with Crippen molar-refractivity contribution in [3.05, 3.63) is 210 Å². The van der Waals surface area contributed by atoms with Crippen molar-refractivity contribution >= 4 is 57.4 Å². The fourth-order valence-corrected chi connectivity index (χ4v) is 11.0. The third-order valence-corrected chi connectivity index (χ3v) is 14.0. The van der Waals surface area contributed by atoms with Crippen molar-refractivity contribution in [2.75, 3.05) is 10.2 Å². The standard InChI is InChI=1S/C58H45BN2/c1-57(2)47-26-16-27-49-56(47)61(52-34-39-22-12-11-21-38(39)32-48(52)57)53-35-41(37-19-9-6-10-20-37)31-45(55(53)59-49)43-30-29-40(36-17-7-5-8-18-36)33-51(43)60-50-28-15-24-44-42-23-13-14-25-46(42)58(3,4)54(44)50/h5-35,59-60H,1-4H3. The van der Waals surface area contributed by atoms with Crippen molar-refractivity contribution in [1.82, 2.24) is 0 Å². The third kappa shape index (κ3) is 5.36. The molecule has 2 heterocycles. The first-order valence-electron chi connectivity index (χ1n) is 21.6. The summed E-state index contributed by atoms with van der Waals surface area (Å²) in [5.74, 6) is 0. The van der Waals surface area contributed by atoms with Crippen LogP contribution in [0.2, 0.25) is 0 Å². The molecule has 0 atom stereocenters. The van der Waals surface area contributed by atoms with E-state index in [1.165, 1.54) is 106 Å². The molecule has 0 radical (unpaired) electrons. The number of anilines is 5. The Bertz CT molecular complexity index is 3250. The molecule has 1 aliphatic carbocycles. The number of nitrogens with zero attached hydrogens (tertiary/aromatic N) is 1. The fraction of sp³-hybridized carbons (Fsp3) is 0.103. The molecule has 0 saturated heterocycles. The Hall–Kier alpha value is -7.10. The minimum atomic E-state index is -0.174. The zero-order chi connectivity index (χ0) is 41.0. The molecule has 9 aromatic rings. The summed E-state index contributed by atoms with van der Waals surface area (Å²) in [6, 6.07) is 70.1. The second kappa shape index (κ2) is 13.2. The van der Waals surface area contributed by atoms with Crippen LogP contribution in [0.4, 0.5) is 28.4 Å². The Morgan fingerprint density at radius 3 is 1.85 bits per heavy atom. The summed E-state index contributed by atoms with van der Waals surface area (Å²) in [6.45, 7) is 9.55. The highest BCUT2D eigenvalue weighted by atomic mass is 15.2. The summed E-state index contributed by atoms with van der Waals surface area (Å²) in [5.41, 5.74) is 23.8. The molecule has 3 heteroatoms. The van der Waals surface area contributed by atoms with Gasteiger partial charge in [0.15, 0.2) is 7.28 Å². The molecule has 0 bridgehead atoms. The van der Waals surface area contributed by atoms with Gasteiger partial charge >= 0.3 is 0 Å². The average molecular weight is 781 g/mol. The minimum absolute atomic E-state index is 0.167. The van der Waals surface area contributed by atoms with Crippen molar-refractivity contribution < 1.29 is 0 Å². The topological polar surface area (TPSA) is 15.3 Å². The van der Waals surface area contributed by atoms with Crippen LogP contribution in [0.25, 0.3) is 55.3 Å². The van der Waals surface area contributed by atoms with Crippen LogP contribution >= 0.6 is 0 Å². The maximum atomic E-state index is 4.14. The van der Waals surface area contributed by atoms with E-state index >= 15 is 0 Å². The molecule has 0 spiro atoms. The fourth-order valence-electron chi connectivity index (χ4n) is 11.0. The van der Waals surface area contributed by atoms with Crippen LogP contribution in [0.15, 0.2) is 188 Å². The molecule has 9 aromatic carbocycles. The minimum Gasteiger partial charge on any atom is -0.355 e. The van der Waals surface area contributed by atoms with Crippen molar-refractivity contribution in [3.8, 4) is 44.5 Å². The lowest BCUT2D eigenvalue weighted by Crippen LogP contribution is -2.45. The van der Waals surface area contributed by atoms with E-state index in [2.05, 4.69) is 226 Å². The van der Waals surface area contributed by atoms with E-state index in [0.717, 1.165) is 18.7 Å². The van der Waals surface area contributed by atoms with E-state index in [9.17, 15) is 0 Å². The molecule has 3 aliphatic rings. The van der Waals surface area contributed by atoms with Crippen molar-refractivity contribution in [2.24, 2.45) is 0 Å². The van der Waals surface area contributed by atoms with Crippen LogP contribution in [0, 0.1) is 0 Å². The summed E-state index contributed by atoms with van der Waals surface area (Å²) in [6.07, 6.45) is 0. The lowest BCUT2D eigenvalue weighted by atomic mass is 9.55. The van der Waals surface area contributed by atoms with Gasteiger partial charge in [0.2, 0.25) is 0 Å².